The first-order chi connectivity index (χ1) is 24.7. The van der Waals surface area contributed by atoms with Crippen LogP contribution in [0.3, 0.4) is 0 Å². The first-order valence-electron chi connectivity index (χ1n) is 19.8. The predicted molar refractivity (Wildman–Crippen MR) is 199 cm³/mol. The molecular weight excluding hydrogens is 666 g/mol. The van der Waals surface area contributed by atoms with E-state index in [1.165, 1.54) is 5.57 Å². The van der Waals surface area contributed by atoms with Crippen molar-refractivity contribution in [1.82, 2.24) is 10.2 Å². The molecule has 284 valence electrons. The maximum absolute atomic E-state index is 14.1. The van der Waals surface area contributed by atoms with Crippen molar-refractivity contribution >= 4 is 17.7 Å². The first-order valence-corrected chi connectivity index (χ1v) is 19.8. The molecule has 1 aromatic heterocycles. The fourth-order valence-electron chi connectivity index (χ4n) is 12.9. The van der Waals surface area contributed by atoms with Crippen LogP contribution in [0.2, 0.25) is 0 Å². The minimum atomic E-state index is -1.17. The Hall–Kier alpha value is -3.80. The van der Waals surface area contributed by atoms with Crippen LogP contribution in [0, 0.1) is 62.1 Å². The number of carbonyl (C=O) groups excluding carboxylic acids is 2. The molecule has 5 aliphatic carbocycles. The van der Waals surface area contributed by atoms with Gasteiger partial charge in [-0.2, -0.15) is 5.26 Å². The number of carbonyl (C=O) groups is 3. The largest absolute Gasteiger partial charge is 0.481 e. The molecule has 9 heteroatoms. The Kier molecular flexibility index (Phi) is 8.75. The minimum Gasteiger partial charge on any atom is -0.481 e. The molecule has 4 saturated carbocycles. The van der Waals surface area contributed by atoms with Crippen LogP contribution >= 0.6 is 0 Å². The Morgan fingerprint density at radius 1 is 0.962 bits per heavy atom. The summed E-state index contributed by atoms with van der Waals surface area (Å²) in [6, 6.07) is 9.33. The van der Waals surface area contributed by atoms with Crippen molar-refractivity contribution in [3.05, 3.63) is 46.9 Å². The van der Waals surface area contributed by atoms with Gasteiger partial charge in [-0.25, -0.2) is 0 Å². The number of carboxylic acids is 1. The number of aliphatic carboxylic acids is 1. The molecular formula is C44H57N3O6. The van der Waals surface area contributed by atoms with E-state index in [4.69, 9.17) is 9.15 Å². The Labute approximate surface area is 314 Å². The van der Waals surface area contributed by atoms with E-state index in [1.54, 1.807) is 26.0 Å². The lowest BCUT2D eigenvalue weighted by atomic mass is 9.33. The van der Waals surface area contributed by atoms with Gasteiger partial charge in [0.2, 0.25) is 11.8 Å². The molecule has 1 heterocycles. The summed E-state index contributed by atoms with van der Waals surface area (Å²) in [5.41, 5.74) is 1.54. The number of nitriles is 1. The molecule has 2 aromatic rings. The van der Waals surface area contributed by atoms with Crippen LogP contribution in [-0.2, 0) is 24.5 Å². The van der Waals surface area contributed by atoms with Crippen LogP contribution in [0.25, 0.3) is 11.5 Å². The van der Waals surface area contributed by atoms with Crippen LogP contribution in [0.5, 0.6) is 0 Å². The highest BCUT2D eigenvalue weighted by Gasteiger charge is 2.71. The Morgan fingerprint density at radius 2 is 1.66 bits per heavy atom. The van der Waals surface area contributed by atoms with Crippen molar-refractivity contribution in [1.29, 1.82) is 5.26 Å². The Morgan fingerprint density at radius 3 is 2.30 bits per heavy atom. The minimum absolute atomic E-state index is 0.0294. The van der Waals surface area contributed by atoms with E-state index in [2.05, 4.69) is 64.7 Å². The lowest BCUT2D eigenvalue weighted by molar-refractivity contribution is -0.232. The normalized spacial score (nSPS) is 36.2. The number of ketones is 1. The third-order valence-electron chi connectivity index (χ3n) is 15.9. The highest BCUT2D eigenvalue weighted by Crippen LogP contribution is 2.76. The van der Waals surface area contributed by atoms with E-state index in [0.717, 1.165) is 62.5 Å². The molecule has 8 atom stereocenters. The van der Waals surface area contributed by atoms with Gasteiger partial charge in [0, 0.05) is 17.4 Å². The second-order valence-corrected chi connectivity index (χ2v) is 19.6. The zero-order chi connectivity index (χ0) is 38.5. The maximum atomic E-state index is 14.1. The fourth-order valence-corrected chi connectivity index (χ4v) is 12.9. The number of Topliss-reactive ketones (excluding diaryl/α,β-unsaturated/α-hetero) is 1. The molecule has 5 aliphatic rings. The molecule has 0 saturated heterocycles. The third-order valence-corrected chi connectivity index (χ3v) is 15.9. The van der Waals surface area contributed by atoms with Crippen molar-refractivity contribution in [2.75, 3.05) is 0 Å². The van der Waals surface area contributed by atoms with Gasteiger partial charge in [0.15, 0.2) is 5.78 Å². The summed E-state index contributed by atoms with van der Waals surface area (Å²) < 4.78 is 12.7. The molecule has 9 nitrogen and oxygen atoms in total. The standard InChI is InChI=1S/C44H57N3O6/c1-25(2)34-29(48)22-44(37-47-46-36(53-37)27-12-10-26(24-45)11-13-27)21-20-42(8)28(35(34)44)14-15-31-41(7)18-17-32(52-33(49)23-39(3,4)38(50)51)40(5,6)30(41)16-19-43(31,42)9/h10-13,25,28,30-32H,14-23H2,1-9H3,(H,50,51)/t28-,30+,31-,32+,41+,42-,43-,44-/m1/s1. The average Bonchev–Trinajstić information content (AvgIpc) is 3.70. The third kappa shape index (κ3) is 5.39. The molecule has 0 unspecified atom stereocenters. The second kappa shape index (κ2) is 12.4. The van der Waals surface area contributed by atoms with E-state index in [9.17, 15) is 24.8 Å². The molecule has 1 aromatic carbocycles. The van der Waals surface area contributed by atoms with Crippen LogP contribution in [0.4, 0.5) is 0 Å². The van der Waals surface area contributed by atoms with Crippen molar-refractivity contribution in [3.63, 3.8) is 0 Å². The number of benzene rings is 1. The van der Waals surface area contributed by atoms with Crippen molar-refractivity contribution < 1.29 is 28.6 Å². The topological polar surface area (TPSA) is 143 Å². The van der Waals surface area contributed by atoms with E-state index in [1.807, 2.05) is 12.1 Å². The van der Waals surface area contributed by atoms with Gasteiger partial charge in [-0.3, -0.25) is 14.4 Å². The SMILES string of the molecule is CC(C)C1=C2[C@H]3CC[C@@H]4[C@@]5(C)CC[C@H](OC(=O)CC(C)(C)C(=O)O)C(C)(C)[C@@H]5CC[C@@]4(C)[C@]3(C)CC[C@@]2(c2nnc(-c3ccc(C#N)cc3)o2)CC1=O. The molecule has 1 N–H and O–H groups in total. The number of fused-ring (bicyclic) bond motifs is 7. The Bertz CT molecular complexity index is 1920. The fraction of sp³-hybridized carbons (Fsp3) is 0.682. The predicted octanol–water partition coefficient (Wildman–Crippen LogP) is 9.25. The molecule has 0 radical (unpaired) electrons. The molecule has 7 rings (SSSR count). The smallest absolute Gasteiger partial charge is 0.309 e. The number of aromatic nitrogens is 2. The number of rotatable bonds is 7. The number of esters is 1. The van der Waals surface area contributed by atoms with Gasteiger partial charge in [-0.15, -0.1) is 10.2 Å². The average molecular weight is 724 g/mol. The van der Waals surface area contributed by atoms with E-state index in [0.29, 0.717) is 35.6 Å². The van der Waals surface area contributed by atoms with Gasteiger partial charge < -0.3 is 14.3 Å². The Balaban J connectivity index is 1.20. The summed E-state index contributed by atoms with van der Waals surface area (Å²) in [7, 11) is 0. The second-order valence-electron chi connectivity index (χ2n) is 19.6. The number of allylic oxidation sites excluding steroid dienone is 2. The zero-order valence-corrected chi connectivity index (χ0v) is 33.1. The number of nitrogens with zero attached hydrogens (tertiary/aromatic N) is 3. The van der Waals surface area contributed by atoms with Gasteiger partial charge in [0.05, 0.1) is 28.9 Å². The summed E-state index contributed by atoms with van der Waals surface area (Å²) in [5, 5.41) is 28.1. The molecule has 4 fully saturated rings. The van der Waals surface area contributed by atoms with Crippen LogP contribution < -0.4 is 0 Å². The van der Waals surface area contributed by atoms with Gasteiger partial charge in [-0.1, -0.05) is 48.5 Å². The van der Waals surface area contributed by atoms with Crippen molar-refractivity contribution in [2.24, 2.45) is 50.7 Å². The van der Waals surface area contributed by atoms with E-state index in [-0.39, 0.29) is 51.8 Å². The quantitative estimate of drug-likeness (QED) is 0.277. The first kappa shape index (κ1) is 37.5. The number of ether oxygens (including phenoxy) is 1. The lowest BCUT2D eigenvalue weighted by Crippen LogP contribution is -2.66. The van der Waals surface area contributed by atoms with E-state index < -0.39 is 22.8 Å². The monoisotopic (exact) mass is 723 g/mol. The number of hydrogen-bond donors (Lipinski definition) is 1. The molecule has 0 bridgehead atoms. The number of hydrogen-bond acceptors (Lipinski definition) is 8. The lowest BCUT2D eigenvalue weighted by Gasteiger charge is -2.72. The molecule has 0 amide bonds. The molecule has 0 spiro atoms. The van der Waals surface area contributed by atoms with Gasteiger partial charge in [0.25, 0.3) is 0 Å². The van der Waals surface area contributed by atoms with Crippen molar-refractivity contribution in [2.45, 2.75) is 138 Å². The van der Waals surface area contributed by atoms with Crippen molar-refractivity contribution in [3.8, 4) is 17.5 Å². The molecule has 0 aliphatic heterocycles. The highest BCUT2D eigenvalue weighted by molar-refractivity contribution is 6.01. The van der Waals surface area contributed by atoms with E-state index >= 15 is 0 Å². The summed E-state index contributed by atoms with van der Waals surface area (Å²) in [5.74, 6) is 0.865. The molecule has 53 heavy (non-hydrogen) atoms. The number of carboxylic acid groups (broad SMARTS) is 1. The van der Waals surface area contributed by atoms with Gasteiger partial charge in [-0.05, 0) is 141 Å². The maximum Gasteiger partial charge on any atom is 0.309 e. The van der Waals surface area contributed by atoms with Crippen LogP contribution in [0.15, 0.2) is 39.8 Å². The summed E-state index contributed by atoms with van der Waals surface area (Å²) >= 11 is 0. The highest BCUT2D eigenvalue weighted by atomic mass is 16.5. The van der Waals surface area contributed by atoms with Crippen LogP contribution in [0.1, 0.15) is 138 Å². The summed E-state index contributed by atoms with van der Waals surface area (Å²) in [6.07, 6.45) is 7.62. The zero-order valence-electron chi connectivity index (χ0n) is 33.1. The van der Waals surface area contributed by atoms with Gasteiger partial charge in [0.1, 0.15) is 6.10 Å². The summed E-state index contributed by atoms with van der Waals surface area (Å²) in [4.78, 5) is 39.0. The summed E-state index contributed by atoms with van der Waals surface area (Å²) in [6.45, 7) is 19.5. The van der Waals surface area contributed by atoms with Gasteiger partial charge >= 0.3 is 11.9 Å². The van der Waals surface area contributed by atoms with Crippen LogP contribution in [-0.4, -0.2) is 39.1 Å².